The van der Waals surface area contributed by atoms with E-state index in [1.807, 2.05) is 37.3 Å². The highest BCUT2D eigenvalue weighted by molar-refractivity contribution is 7.90. The van der Waals surface area contributed by atoms with Gasteiger partial charge in [0.2, 0.25) is 0 Å². The molecule has 9 heteroatoms. The van der Waals surface area contributed by atoms with E-state index in [0.717, 1.165) is 17.6 Å². The van der Waals surface area contributed by atoms with Gasteiger partial charge in [0.1, 0.15) is 0 Å². The highest BCUT2D eigenvalue weighted by Crippen LogP contribution is 2.22. The summed E-state index contributed by atoms with van der Waals surface area (Å²) in [6.07, 6.45) is 1.08. The highest BCUT2D eigenvalue weighted by atomic mass is 32.2. The Hall–Kier alpha value is -3.46. The van der Waals surface area contributed by atoms with Crippen LogP contribution in [0.2, 0.25) is 0 Å². The number of benzene rings is 2. The predicted octanol–water partition coefficient (Wildman–Crippen LogP) is 2.69. The number of para-hydroxylation sites is 1. The van der Waals surface area contributed by atoms with E-state index in [1.54, 1.807) is 11.6 Å². The molecule has 0 radical (unpaired) electrons. The van der Waals surface area contributed by atoms with Crippen molar-refractivity contribution < 1.29 is 22.7 Å². The molecule has 0 unspecified atom stereocenters. The zero-order chi connectivity index (χ0) is 21.9. The average Bonchev–Trinajstić information content (AvgIpc) is 3.00. The van der Waals surface area contributed by atoms with Crippen LogP contribution in [0, 0.1) is 13.8 Å². The Kier molecular flexibility index (Phi) is 6.02. The number of rotatable bonds is 6. The summed E-state index contributed by atoms with van der Waals surface area (Å²) in [6, 6.07) is 14.8. The highest BCUT2D eigenvalue weighted by Gasteiger charge is 2.17. The number of nitrogens with one attached hydrogen (secondary N) is 1. The monoisotopic (exact) mass is 427 g/mol. The van der Waals surface area contributed by atoms with E-state index in [2.05, 4.69) is 10.4 Å². The molecule has 1 amide bonds. The second-order valence-corrected chi connectivity index (χ2v) is 8.73. The summed E-state index contributed by atoms with van der Waals surface area (Å²) < 4.78 is 29.7. The fourth-order valence-electron chi connectivity index (χ4n) is 2.87. The standard InChI is InChI=1S/C21H21N3O5S/c1-14-20(15(2)24(23-14)17-7-5-4-6-8-17)22-19(25)13-29-21(26)16-9-11-18(12-10-16)30(3,27)28/h4-12H,13H2,1-3H3,(H,22,25). The van der Waals surface area contributed by atoms with E-state index in [4.69, 9.17) is 4.74 Å². The largest absolute Gasteiger partial charge is 0.452 e. The minimum absolute atomic E-state index is 0.0955. The van der Waals surface area contributed by atoms with E-state index in [1.165, 1.54) is 24.3 Å². The molecule has 8 nitrogen and oxygen atoms in total. The first kappa shape index (κ1) is 21.3. The summed E-state index contributed by atoms with van der Waals surface area (Å²) in [7, 11) is -3.36. The van der Waals surface area contributed by atoms with Crippen molar-refractivity contribution in [1.29, 1.82) is 0 Å². The topological polar surface area (TPSA) is 107 Å². The lowest BCUT2D eigenvalue weighted by Gasteiger charge is -2.08. The third kappa shape index (κ3) is 4.74. The quantitative estimate of drug-likeness (QED) is 0.606. The molecule has 0 saturated heterocycles. The Morgan fingerprint density at radius 1 is 1.03 bits per heavy atom. The Morgan fingerprint density at radius 2 is 1.67 bits per heavy atom. The van der Waals surface area contributed by atoms with Crippen LogP contribution in [-0.4, -0.2) is 42.9 Å². The zero-order valence-corrected chi connectivity index (χ0v) is 17.6. The Balaban J connectivity index is 1.64. The number of nitrogens with zero attached hydrogens (tertiary/aromatic N) is 2. The normalized spacial score (nSPS) is 11.2. The maximum absolute atomic E-state index is 12.3. The molecule has 0 bridgehead atoms. The van der Waals surface area contributed by atoms with Gasteiger partial charge < -0.3 is 10.1 Å². The molecule has 1 heterocycles. The number of anilines is 1. The number of carbonyl (C=O) groups is 2. The van der Waals surface area contributed by atoms with Crippen molar-refractivity contribution >= 4 is 27.4 Å². The van der Waals surface area contributed by atoms with Crippen LogP contribution < -0.4 is 5.32 Å². The molecule has 0 spiro atoms. The zero-order valence-electron chi connectivity index (χ0n) is 16.7. The number of hydrogen-bond acceptors (Lipinski definition) is 6. The first-order valence-electron chi connectivity index (χ1n) is 9.05. The third-order valence-electron chi connectivity index (χ3n) is 4.41. The van der Waals surface area contributed by atoms with Gasteiger partial charge in [0.05, 0.1) is 33.2 Å². The minimum atomic E-state index is -3.36. The number of ether oxygens (including phenoxy) is 1. The van der Waals surface area contributed by atoms with Gasteiger partial charge in [-0.15, -0.1) is 0 Å². The number of esters is 1. The molecule has 2 aromatic carbocycles. The van der Waals surface area contributed by atoms with Crippen LogP contribution in [0.5, 0.6) is 0 Å². The molecular weight excluding hydrogens is 406 g/mol. The number of hydrogen-bond donors (Lipinski definition) is 1. The van der Waals surface area contributed by atoms with Crippen LogP contribution in [0.4, 0.5) is 5.69 Å². The smallest absolute Gasteiger partial charge is 0.338 e. The Bertz CT molecular complexity index is 1180. The third-order valence-corrected chi connectivity index (χ3v) is 5.54. The van der Waals surface area contributed by atoms with Crippen molar-refractivity contribution in [3.05, 3.63) is 71.5 Å². The maximum atomic E-state index is 12.3. The molecule has 3 rings (SSSR count). The summed E-state index contributed by atoms with van der Waals surface area (Å²) in [4.78, 5) is 24.5. The van der Waals surface area contributed by atoms with Gasteiger partial charge in [-0.3, -0.25) is 4.79 Å². The Labute approximate surface area is 174 Å². The fraction of sp³-hybridized carbons (Fsp3) is 0.190. The number of sulfone groups is 1. The average molecular weight is 427 g/mol. The van der Waals surface area contributed by atoms with Crippen LogP contribution in [0.1, 0.15) is 21.7 Å². The lowest BCUT2D eigenvalue weighted by atomic mass is 10.2. The van der Waals surface area contributed by atoms with Gasteiger partial charge in [0.15, 0.2) is 16.4 Å². The molecular formula is C21H21N3O5S. The van der Waals surface area contributed by atoms with E-state index < -0.39 is 28.3 Å². The minimum Gasteiger partial charge on any atom is -0.452 e. The lowest BCUT2D eigenvalue weighted by molar-refractivity contribution is -0.119. The van der Waals surface area contributed by atoms with Crippen molar-refractivity contribution in [2.45, 2.75) is 18.7 Å². The second kappa shape index (κ2) is 8.50. The summed E-state index contributed by atoms with van der Waals surface area (Å²) in [6.45, 7) is 3.12. The number of aryl methyl sites for hydroxylation is 1. The molecule has 0 aliphatic carbocycles. The number of carbonyl (C=O) groups excluding carboxylic acids is 2. The lowest BCUT2D eigenvalue weighted by Crippen LogP contribution is -2.21. The van der Waals surface area contributed by atoms with Gasteiger partial charge >= 0.3 is 5.97 Å². The van der Waals surface area contributed by atoms with E-state index >= 15 is 0 Å². The second-order valence-electron chi connectivity index (χ2n) is 6.71. The van der Waals surface area contributed by atoms with Crippen molar-refractivity contribution in [3.8, 4) is 5.69 Å². The molecule has 0 atom stereocenters. The van der Waals surface area contributed by atoms with Crippen molar-refractivity contribution in [1.82, 2.24) is 9.78 Å². The van der Waals surface area contributed by atoms with Gasteiger partial charge in [0.25, 0.3) is 5.91 Å². The van der Waals surface area contributed by atoms with E-state index in [-0.39, 0.29) is 10.5 Å². The molecule has 0 fully saturated rings. The van der Waals surface area contributed by atoms with Gasteiger partial charge in [-0.1, -0.05) is 18.2 Å². The maximum Gasteiger partial charge on any atom is 0.338 e. The summed E-state index contributed by atoms with van der Waals surface area (Å²) in [5.41, 5.74) is 2.95. The van der Waals surface area contributed by atoms with Crippen molar-refractivity contribution in [2.75, 3.05) is 18.2 Å². The molecule has 1 N–H and O–H groups in total. The van der Waals surface area contributed by atoms with E-state index in [0.29, 0.717) is 11.4 Å². The SMILES string of the molecule is Cc1nn(-c2ccccc2)c(C)c1NC(=O)COC(=O)c1ccc(S(C)(=O)=O)cc1. The van der Waals surface area contributed by atoms with Gasteiger partial charge in [-0.05, 0) is 50.2 Å². The first-order valence-corrected chi connectivity index (χ1v) is 10.9. The van der Waals surface area contributed by atoms with E-state index in [9.17, 15) is 18.0 Å². The summed E-state index contributed by atoms with van der Waals surface area (Å²) >= 11 is 0. The molecule has 0 saturated carbocycles. The van der Waals surface area contributed by atoms with Crippen LogP contribution in [0.25, 0.3) is 5.69 Å². The molecule has 0 aliphatic rings. The van der Waals surface area contributed by atoms with Gasteiger partial charge in [-0.2, -0.15) is 5.10 Å². The van der Waals surface area contributed by atoms with Gasteiger partial charge in [0, 0.05) is 6.26 Å². The van der Waals surface area contributed by atoms with Crippen LogP contribution in [-0.2, 0) is 19.4 Å². The first-order chi connectivity index (χ1) is 14.2. The van der Waals surface area contributed by atoms with Crippen molar-refractivity contribution in [2.24, 2.45) is 0 Å². The molecule has 0 aliphatic heterocycles. The fourth-order valence-corrected chi connectivity index (χ4v) is 3.50. The number of amides is 1. The van der Waals surface area contributed by atoms with Gasteiger partial charge in [-0.25, -0.2) is 17.9 Å². The molecule has 30 heavy (non-hydrogen) atoms. The predicted molar refractivity (Wildman–Crippen MR) is 112 cm³/mol. The molecule has 156 valence electrons. The van der Waals surface area contributed by atoms with Crippen LogP contribution in [0.15, 0.2) is 59.5 Å². The molecule has 1 aromatic heterocycles. The summed E-state index contributed by atoms with van der Waals surface area (Å²) in [5.74, 6) is -1.23. The van der Waals surface area contributed by atoms with Crippen LogP contribution >= 0.6 is 0 Å². The number of aromatic nitrogens is 2. The Morgan fingerprint density at radius 3 is 2.27 bits per heavy atom. The van der Waals surface area contributed by atoms with Crippen molar-refractivity contribution in [3.63, 3.8) is 0 Å². The van der Waals surface area contributed by atoms with Crippen LogP contribution in [0.3, 0.4) is 0 Å². The molecule has 3 aromatic rings. The summed E-state index contributed by atoms with van der Waals surface area (Å²) in [5, 5.41) is 7.18.